The van der Waals surface area contributed by atoms with E-state index in [1.807, 2.05) is 13.0 Å². The Hall–Kier alpha value is -2.12. The largest absolute Gasteiger partial charge is 0.459 e. The third kappa shape index (κ3) is 3.93. The molecule has 0 unspecified atom stereocenters. The van der Waals surface area contributed by atoms with Gasteiger partial charge in [-0.3, -0.25) is 4.79 Å². The number of amides is 1. The number of nitrogens with zero attached hydrogens (tertiary/aromatic N) is 1. The molecule has 1 aliphatic heterocycles. The van der Waals surface area contributed by atoms with Gasteiger partial charge >= 0.3 is 0 Å². The Kier molecular flexibility index (Phi) is 4.96. The van der Waals surface area contributed by atoms with Crippen molar-refractivity contribution in [1.29, 1.82) is 0 Å². The minimum Gasteiger partial charge on any atom is -0.459 e. The number of likely N-dealkylation sites (tertiary alicyclic amines) is 1. The molecule has 1 fully saturated rings. The predicted molar refractivity (Wildman–Crippen MR) is 93.9 cm³/mol. The maximum atomic E-state index is 12.6. The first kappa shape index (κ1) is 17.7. The molecule has 3 rings (SSSR count). The Morgan fingerprint density at radius 1 is 1.20 bits per heavy atom. The van der Waals surface area contributed by atoms with Gasteiger partial charge in [0.1, 0.15) is 0 Å². The van der Waals surface area contributed by atoms with Crippen molar-refractivity contribution >= 4 is 15.9 Å². The number of furan rings is 1. The Labute approximate surface area is 147 Å². The van der Waals surface area contributed by atoms with E-state index in [1.54, 1.807) is 36.1 Å². The van der Waals surface area contributed by atoms with Gasteiger partial charge in [-0.05, 0) is 50.5 Å². The summed E-state index contributed by atoms with van der Waals surface area (Å²) in [5.74, 6) is 0.162. The molecule has 134 valence electrons. The van der Waals surface area contributed by atoms with Gasteiger partial charge in [0.15, 0.2) is 5.76 Å². The summed E-state index contributed by atoms with van der Waals surface area (Å²) in [4.78, 5) is 14.3. The second-order valence-electron chi connectivity index (χ2n) is 6.43. The molecule has 25 heavy (non-hydrogen) atoms. The molecule has 1 saturated heterocycles. The fraction of sp³-hybridized carbons (Fsp3) is 0.389. The summed E-state index contributed by atoms with van der Waals surface area (Å²) in [6.07, 6.45) is 2.63. The molecule has 0 bridgehead atoms. The van der Waals surface area contributed by atoms with Gasteiger partial charge in [0, 0.05) is 19.1 Å². The molecular weight excluding hydrogens is 340 g/mol. The highest BCUT2D eigenvalue weighted by atomic mass is 32.2. The molecular formula is C18H22N2O4S. The van der Waals surface area contributed by atoms with Crippen LogP contribution in [0.5, 0.6) is 0 Å². The van der Waals surface area contributed by atoms with Gasteiger partial charge in [0.05, 0.1) is 11.2 Å². The van der Waals surface area contributed by atoms with Crippen molar-refractivity contribution in [2.24, 2.45) is 0 Å². The highest BCUT2D eigenvalue weighted by Crippen LogP contribution is 2.20. The van der Waals surface area contributed by atoms with Gasteiger partial charge in [-0.25, -0.2) is 13.1 Å². The van der Waals surface area contributed by atoms with E-state index in [0.29, 0.717) is 36.6 Å². The highest BCUT2D eigenvalue weighted by Gasteiger charge is 2.28. The van der Waals surface area contributed by atoms with Gasteiger partial charge < -0.3 is 9.32 Å². The molecule has 7 heteroatoms. The number of rotatable bonds is 4. The van der Waals surface area contributed by atoms with Crippen LogP contribution in [0, 0.1) is 13.8 Å². The van der Waals surface area contributed by atoms with Crippen molar-refractivity contribution in [3.8, 4) is 0 Å². The van der Waals surface area contributed by atoms with Crippen LogP contribution in [-0.4, -0.2) is 38.4 Å². The molecule has 1 aliphatic rings. The van der Waals surface area contributed by atoms with Gasteiger partial charge in [-0.2, -0.15) is 0 Å². The normalized spacial score (nSPS) is 16.2. The lowest BCUT2D eigenvalue weighted by Gasteiger charge is -2.31. The van der Waals surface area contributed by atoms with Crippen molar-refractivity contribution < 1.29 is 17.6 Å². The molecule has 2 aromatic rings. The zero-order valence-electron chi connectivity index (χ0n) is 14.4. The summed E-state index contributed by atoms with van der Waals surface area (Å²) in [6, 6.07) is 8.44. The first-order valence-electron chi connectivity index (χ1n) is 8.29. The lowest BCUT2D eigenvalue weighted by molar-refractivity contribution is 0.0679. The van der Waals surface area contributed by atoms with Crippen molar-refractivity contribution in [3.63, 3.8) is 0 Å². The van der Waals surface area contributed by atoms with Crippen LogP contribution in [0.25, 0.3) is 0 Å². The van der Waals surface area contributed by atoms with Crippen LogP contribution in [0.4, 0.5) is 0 Å². The highest BCUT2D eigenvalue weighted by molar-refractivity contribution is 7.89. The Morgan fingerprint density at radius 3 is 2.52 bits per heavy atom. The fourth-order valence-corrected chi connectivity index (χ4v) is 4.67. The SMILES string of the molecule is Cc1ccc(S(=O)(=O)NC2CCN(C(=O)c3ccco3)CC2)c(C)c1. The molecule has 6 nitrogen and oxygen atoms in total. The fourth-order valence-electron chi connectivity index (χ4n) is 3.14. The monoisotopic (exact) mass is 362 g/mol. The molecule has 1 aromatic heterocycles. The third-order valence-electron chi connectivity index (χ3n) is 4.46. The average molecular weight is 362 g/mol. The van der Waals surface area contributed by atoms with E-state index in [2.05, 4.69) is 4.72 Å². The van der Waals surface area contributed by atoms with E-state index in [9.17, 15) is 13.2 Å². The topological polar surface area (TPSA) is 79.6 Å². The molecule has 0 atom stereocenters. The number of carbonyl (C=O) groups excluding carboxylic acids is 1. The summed E-state index contributed by atoms with van der Waals surface area (Å²) < 4.78 is 33.2. The number of hydrogen-bond donors (Lipinski definition) is 1. The van der Waals surface area contributed by atoms with Gasteiger partial charge in [0.2, 0.25) is 10.0 Å². The maximum Gasteiger partial charge on any atom is 0.289 e. The minimum atomic E-state index is -3.56. The molecule has 0 aliphatic carbocycles. The molecule has 1 aromatic carbocycles. The van der Waals surface area contributed by atoms with Gasteiger partial charge in [0.25, 0.3) is 5.91 Å². The van der Waals surface area contributed by atoms with Crippen LogP contribution in [0.1, 0.15) is 34.5 Å². The second-order valence-corrected chi connectivity index (χ2v) is 8.12. The van der Waals surface area contributed by atoms with Crippen molar-refractivity contribution in [3.05, 3.63) is 53.5 Å². The number of benzene rings is 1. The second kappa shape index (κ2) is 7.01. The lowest BCUT2D eigenvalue weighted by atomic mass is 10.1. The Bertz CT molecular complexity index is 851. The molecule has 2 heterocycles. The zero-order valence-corrected chi connectivity index (χ0v) is 15.2. The zero-order chi connectivity index (χ0) is 18.0. The van der Waals surface area contributed by atoms with Crippen molar-refractivity contribution in [1.82, 2.24) is 9.62 Å². The van der Waals surface area contributed by atoms with Crippen molar-refractivity contribution in [2.45, 2.75) is 37.6 Å². The summed E-state index contributed by atoms with van der Waals surface area (Å²) in [6.45, 7) is 4.73. The number of hydrogen-bond acceptors (Lipinski definition) is 4. The van der Waals surface area contributed by atoms with E-state index in [4.69, 9.17) is 4.42 Å². The van der Waals surface area contributed by atoms with Crippen molar-refractivity contribution in [2.75, 3.05) is 13.1 Å². The van der Waals surface area contributed by atoms with E-state index < -0.39 is 10.0 Å². The maximum absolute atomic E-state index is 12.6. The van der Waals surface area contributed by atoms with Crippen LogP contribution in [-0.2, 0) is 10.0 Å². The number of carbonyl (C=O) groups is 1. The van der Waals surface area contributed by atoms with Crippen LogP contribution >= 0.6 is 0 Å². The van der Waals surface area contributed by atoms with Crippen LogP contribution in [0.2, 0.25) is 0 Å². The molecule has 0 radical (unpaired) electrons. The summed E-state index contributed by atoms with van der Waals surface area (Å²) in [5, 5.41) is 0. The Balaban J connectivity index is 1.62. The Morgan fingerprint density at radius 2 is 1.92 bits per heavy atom. The van der Waals surface area contributed by atoms with Crippen LogP contribution in [0.3, 0.4) is 0 Å². The lowest BCUT2D eigenvalue weighted by Crippen LogP contribution is -2.46. The quantitative estimate of drug-likeness (QED) is 0.906. The molecule has 0 saturated carbocycles. The molecule has 1 amide bonds. The number of aryl methyl sites for hydroxylation is 2. The van der Waals surface area contributed by atoms with Gasteiger partial charge in [-0.15, -0.1) is 0 Å². The van der Waals surface area contributed by atoms with Gasteiger partial charge in [-0.1, -0.05) is 17.7 Å². The number of piperidine rings is 1. The third-order valence-corrected chi connectivity index (χ3v) is 6.14. The minimum absolute atomic E-state index is 0.152. The van der Waals surface area contributed by atoms with E-state index in [1.165, 1.54) is 6.26 Å². The molecule has 0 spiro atoms. The van der Waals surface area contributed by atoms with E-state index >= 15 is 0 Å². The summed E-state index contributed by atoms with van der Waals surface area (Å²) in [5.41, 5.74) is 1.76. The average Bonchev–Trinajstić information content (AvgIpc) is 3.08. The van der Waals surface area contributed by atoms with Crippen LogP contribution < -0.4 is 4.72 Å². The van der Waals surface area contributed by atoms with Crippen LogP contribution in [0.15, 0.2) is 45.9 Å². The number of nitrogens with one attached hydrogen (secondary N) is 1. The first-order valence-corrected chi connectivity index (χ1v) is 9.77. The van der Waals surface area contributed by atoms with E-state index in [0.717, 1.165) is 11.1 Å². The summed E-state index contributed by atoms with van der Waals surface area (Å²) >= 11 is 0. The number of sulfonamides is 1. The predicted octanol–water partition coefficient (Wildman–Crippen LogP) is 2.48. The first-order chi connectivity index (χ1) is 11.9. The summed E-state index contributed by atoms with van der Waals surface area (Å²) in [7, 11) is -3.56. The molecule has 1 N–H and O–H groups in total. The standard InChI is InChI=1S/C18H22N2O4S/c1-13-5-6-17(14(2)12-13)25(22,23)19-15-7-9-20(10-8-15)18(21)16-4-3-11-24-16/h3-6,11-12,15,19H,7-10H2,1-2H3. The van der Waals surface area contributed by atoms with E-state index in [-0.39, 0.29) is 11.9 Å². The smallest absolute Gasteiger partial charge is 0.289 e.